The molecule has 4 rings (SSSR count). The molecule has 144 valence electrons. The van der Waals surface area contributed by atoms with E-state index >= 15 is 0 Å². The number of hydrogen-bond acceptors (Lipinski definition) is 5. The average molecular weight is 441 g/mol. The Labute approximate surface area is 172 Å². The van der Waals surface area contributed by atoms with Gasteiger partial charge < -0.3 is 9.84 Å². The fourth-order valence-electron chi connectivity index (χ4n) is 2.97. The van der Waals surface area contributed by atoms with Crippen molar-refractivity contribution in [2.45, 2.75) is 19.1 Å². The third kappa shape index (κ3) is 3.28. The predicted octanol–water partition coefficient (Wildman–Crippen LogP) is 4.51. The van der Waals surface area contributed by atoms with E-state index < -0.39 is 30.2 Å². The molecule has 28 heavy (non-hydrogen) atoms. The molecule has 1 aliphatic heterocycles. The molecule has 1 amide bonds. The Morgan fingerprint density at radius 1 is 1.32 bits per heavy atom. The van der Waals surface area contributed by atoms with Crippen molar-refractivity contribution < 1.29 is 23.8 Å². The highest BCUT2D eigenvalue weighted by atomic mass is 35.5. The van der Waals surface area contributed by atoms with Gasteiger partial charge >= 0.3 is 5.97 Å². The molecule has 2 heterocycles. The van der Waals surface area contributed by atoms with Gasteiger partial charge in [0.25, 0.3) is 5.91 Å². The van der Waals surface area contributed by atoms with E-state index in [9.17, 15) is 14.0 Å². The van der Waals surface area contributed by atoms with Crippen LogP contribution >= 0.6 is 34.5 Å². The summed E-state index contributed by atoms with van der Waals surface area (Å²) in [5.41, 5.74) is 0.447. The van der Waals surface area contributed by atoms with Gasteiger partial charge in [0, 0.05) is 0 Å². The number of aliphatic carboxylic acids is 1. The molecular weight excluding hydrogens is 430 g/mol. The molecule has 1 atom stereocenters. The number of carboxylic acids is 1. The molecule has 1 aromatic heterocycles. The second kappa shape index (κ2) is 7.20. The zero-order valence-corrected chi connectivity index (χ0v) is 16.3. The summed E-state index contributed by atoms with van der Waals surface area (Å²) in [6.07, 6.45) is -1.79. The third-order valence-corrected chi connectivity index (χ3v) is 5.98. The normalized spacial score (nSPS) is 16.2. The average Bonchev–Trinajstić information content (AvgIpc) is 3.05. The first-order valence-electron chi connectivity index (χ1n) is 8.07. The predicted molar refractivity (Wildman–Crippen MR) is 104 cm³/mol. The van der Waals surface area contributed by atoms with Crippen LogP contribution in [0.25, 0.3) is 10.2 Å². The van der Waals surface area contributed by atoms with Gasteiger partial charge in [-0.1, -0.05) is 29.3 Å². The SMILES string of the molecule is O=C(O)CC1Oc2cccc(F)c2N(Cc2nc3c(Cl)c(Cl)ccc3s2)C1=O. The van der Waals surface area contributed by atoms with Gasteiger partial charge in [0.15, 0.2) is 11.9 Å². The number of anilines is 1. The van der Waals surface area contributed by atoms with Crippen LogP contribution in [0, 0.1) is 5.82 Å². The number of benzene rings is 2. The lowest BCUT2D eigenvalue weighted by Crippen LogP contribution is -2.46. The fraction of sp³-hybridized carbons (Fsp3) is 0.167. The van der Waals surface area contributed by atoms with Crippen LogP contribution < -0.4 is 9.64 Å². The molecule has 1 aliphatic rings. The van der Waals surface area contributed by atoms with Crippen molar-refractivity contribution in [2.24, 2.45) is 0 Å². The summed E-state index contributed by atoms with van der Waals surface area (Å²) >= 11 is 13.5. The summed E-state index contributed by atoms with van der Waals surface area (Å²) in [6, 6.07) is 7.52. The van der Waals surface area contributed by atoms with E-state index in [0.29, 0.717) is 20.6 Å². The molecule has 0 fully saturated rings. The molecule has 0 bridgehead atoms. The monoisotopic (exact) mass is 440 g/mol. The van der Waals surface area contributed by atoms with E-state index in [2.05, 4.69) is 4.98 Å². The molecule has 1 unspecified atom stereocenters. The highest BCUT2D eigenvalue weighted by molar-refractivity contribution is 7.18. The molecular formula is C18H11Cl2FN2O4S. The van der Waals surface area contributed by atoms with Gasteiger partial charge in [-0.3, -0.25) is 14.5 Å². The van der Waals surface area contributed by atoms with E-state index in [-0.39, 0.29) is 18.0 Å². The number of carbonyl (C=O) groups excluding carboxylic acids is 1. The second-order valence-electron chi connectivity index (χ2n) is 6.03. The van der Waals surface area contributed by atoms with Gasteiger partial charge in [0.1, 0.15) is 22.0 Å². The van der Waals surface area contributed by atoms with E-state index in [1.807, 2.05) is 0 Å². The maximum Gasteiger partial charge on any atom is 0.307 e. The van der Waals surface area contributed by atoms with Gasteiger partial charge in [-0.25, -0.2) is 9.37 Å². The van der Waals surface area contributed by atoms with Crippen molar-refractivity contribution in [3.05, 3.63) is 51.2 Å². The smallest absolute Gasteiger partial charge is 0.307 e. The van der Waals surface area contributed by atoms with Gasteiger partial charge in [-0.2, -0.15) is 0 Å². The number of aromatic nitrogens is 1. The molecule has 2 aromatic carbocycles. The van der Waals surface area contributed by atoms with Gasteiger partial charge in [-0.15, -0.1) is 11.3 Å². The molecule has 0 radical (unpaired) electrons. The van der Waals surface area contributed by atoms with Crippen molar-refractivity contribution in [1.29, 1.82) is 0 Å². The number of thiazole rings is 1. The molecule has 0 saturated carbocycles. The number of para-hydroxylation sites is 1. The van der Waals surface area contributed by atoms with Crippen molar-refractivity contribution in [1.82, 2.24) is 4.98 Å². The van der Waals surface area contributed by atoms with E-state index in [0.717, 1.165) is 9.60 Å². The lowest BCUT2D eigenvalue weighted by atomic mass is 10.1. The van der Waals surface area contributed by atoms with E-state index in [1.165, 1.54) is 29.5 Å². The Balaban J connectivity index is 1.76. The lowest BCUT2D eigenvalue weighted by Gasteiger charge is -2.33. The summed E-state index contributed by atoms with van der Waals surface area (Å²) in [5.74, 6) is -2.39. The minimum atomic E-state index is -1.25. The van der Waals surface area contributed by atoms with Crippen LogP contribution in [0.2, 0.25) is 10.0 Å². The first-order chi connectivity index (χ1) is 13.3. The van der Waals surface area contributed by atoms with E-state index in [4.69, 9.17) is 33.0 Å². The lowest BCUT2D eigenvalue weighted by molar-refractivity contribution is -0.142. The number of hydrogen-bond donors (Lipinski definition) is 1. The van der Waals surface area contributed by atoms with Crippen LogP contribution in [0.4, 0.5) is 10.1 Å². The number of amides is 1. The second-order valence-corrected chi connectivity index (χ2v) is 7.93. The number of carboxylic acid groups (broad SMARTS) is 1. The number of nitrogens with zero attached hydrogens (tertiary/aromatic N) is 2. The minimum absolute atomic E-state index is 0.0440. The highest BCUT2D eigenvalue weighted by Gasteiger charge is 2.38. The van der Waals surface area contributed by atoms with Crippen molar-refractivity contribution >= 4 is 62.3 Å². The molecule has 6 nitrogen and oxygen atoms in total. The summed E-state index contributed by atoms with van der Waals surface area (Å²) in [7, 11) is 0. The third-order valence-electron chi connectivity index (χ3n) is 4.18. The van der Waals surface area contributed by atoms with Gasteiger partial charge in [-0.05, 0) is 24.3 Å². The fourth-order valence-corrected chi connectivity index (χ4v) is 4.35. The summed E-state index contributed by atoms with van der Waals surface area (Å²) in [6.45, 7) is -0.0560. The van der Waals surface area contributed by atoms with Crippen molar-refractivity contribution in [3.8, 4) is 5.75 Å². The van der Waals surface area contributed by atoms with Crippen molar-refractivity contribution in [2.75, 3.05) is 4.90 Å². The van der Waals surface area contributed by atoms with Crippen LogP contribution in [-0.4, -0.2) is 28.1 Å². The number of halogens is 3. The van der Waals surface area contributed by atoms with Crippen LogP contribution in [0.1, 0.15) is 11.4 Å². The van der Waals surface area contributed by atoms with Crippen LogP contribution in [0.5, 0.6) is 5.75 Å². The molecule has 0 spiro atoms. The van der Waals surface area contributed by atoms with Gasteiger partial charge in [0.2, 0.25) is 0 Å². The van der Waals surface area contributed by atoms with Crippen molar-refractivity contribution in [3.63, 3.8) is 0 Å². The van der Waals surface area contributed by atoms with Gasteiger partial charge in [0.05, 0.1) is 27.7 Å². The van der Waals surface area contributed by atoms with Crippen LogP contribution in [-0.2, 0) is 16.1 Å². The molecule has 0 saturated heterocycles. The quantitative estimate of drug-likeness (QED) is 0.645. The zero-order chi connectivity index (χ0) is 20.0. The maximum atomic E-state index is 14.5. The number of carbonyl (C=O) groups is 2. The summed E-state index contributed by atoms with van der Waals surface area (Å²) < 4.78 is 20.7. The Hall–Kier alpha value is -2.42. The number of rotatable bonds is 4. The molecule has 0 aliphatic carbocycles. The Morgan fingerprint density at radius 2 is 2.11 bits per heavy atom. The molecule has 10 heteroatoms. The maximum absolute atomic E-state index is 14.5. The first-order valence-corrected chi connectivity index (χ1v) is 9.64. The van der Waals surface area contributed by atoms with E-state index in [1.54, 1.807) is 12.1 Å². The standard InChI is InChI=1S/C18H11Cl2FN2O4S/c19-8-4-5-12-16(15(8)20)22-13(28-12)7-23-17-9(21)2-1-3-10(17)27-11(18(23)26)6-14(24)25/h1-5,11H,6-7H2,(H,24,25). The number of ether oxygens (including phenoxy) is 1. The topological polar surface area (TPSA) is 79.7 Å². The molecule has 3 aromatic rings. The highest BCUT2D eigenvalue weighted by Crippen LogP contribution is 2.39. The minimum Gasteiger partial charge on any atom is -0.481 e. The first kappa shape index (κ1) is 18.9. The summed E-state index contributed by atoms with van der Waals surface area (Å²) in [4.78, 5) is 29.5. The largest absolute Gasteiger partial charge is 0.481 e. The number of fused-ring (bicyclic) bond motifs is 2. The Bertz CT molecular complexity index is 1120. The summed E-state index contributed by atoms with van der Waals surface area (Å²) in [5, 5.41) is 10.2. The zero-order valence-electron chi connectivity index (χ0n) is 14.0. The Morgan fingerprint density at radius 3 is 2.86 bits per heavy atom. The molecule has 1 N–H and O–H groups in total. The Kier molecular flexibility index (Phi) is 4.86. The van der Waals surface area contributed by atoms with Crippen LogP contribution in [0.15, 0.2) is 30.3 Å². The van der Waals surface area contributed by atoms with Crippen LogP contribution in [0.3, 0.4) is 0 Å².